The molecule has 0 radical (unpaired) electrons. The molecule has 3 aromatic carbocycles. The monoisotopic (exact) mass is 579 g/mol. The summed E-state index contributed by atoms with van der Waals surface area (Å²) in [7, 11) is 0. The molecule has 44 heavy (non-hydrogen) atoms. The second-order valence-electron chi connectivity index (χ2n) is 10.8. The first kappa shape index (κ1) is 28.9. The van der Waals surface area contributed by atoms with Gasteiger partial charge in [0.25, 0.3) is 0 Å². The van der Waals surface area contributed by atoms with Gasteiger partial charge in [-0.15, -0.1) is 0 Å². The maximum Gasteiger partial charge on any atom is 0.129 e. The molecule has 3 aliphatic heterocycles. The fraction of sp³-hybridized carbons (Fsp3) is 0.179. The Hall–Kier alpha value is -5.16. The van der Waals surface area contributed by atoms with Gasteiger partial charge in [0.15, 0.2) is 0 Å². The van der Waals surface area contributed by atoms with Crippen molar-refractivity contribution >= 4 is 40.5 Å². The predicted octanol–water partition coefficient (Wildman–Crippen LogP) is 9.77. The van der Waals surface area contributed by atoms with Crippen LogP contribution in [0.25, 0.3) is 34.8 Å². The zero-order chi connectivity index (χ0) is 30.8. The van der Waals surface area contributed by atoms with Gasteiger partial charge in [-0.25, -0.2) is 0 Å². The van der Waals surface area contributed by atoms with Crippen LogP contribution in [0, 0.1) is 0 Å². The molecule has 4 heterocycles. The zero-order valence-electron chi connectivity index (χ0n) is 26.1. The number of para-hydroxylation sites is 1. The summed E-state index contributed by atoms with van der Waals surface area (Å²) in [4.78, 5) is 2.44. The van der Waals surface area contributed by atoms with Crippen LogP contribution >= 0.6 is 0 Å². The highest BCUT2D eigenvalue weighted by Crippen LogP contribution is 2.46. The van der Waals surface area contributed by atoms with Crippen LogP contribution in [0.4, 0.5) is 11.4 Å². The molecule has 2 atom stereocenters. The van der Waals surface area contributed by atoms with E-state index >= 15 is 0 Å². The van der Waals surface area contributed by atoms with Gasteiger partial charge < -0.3 is 25.4 Å². The smallest absolute Gasteiger partial charge is 0.129 e. The third kappa shape index (κ3) is 4.65. The zero-order valence-corrected chi connectivity index (χ0v) is 26.1. The molecule has 3 aliphatic rings. The third-order valence-electron chi connectivity index (χ3n) is 8.45. The molecule has 0 fully saturated rings. The van der Waals surface area contributed by atoms with Gasteiger partial charge in [0.2, 0.25) is 0 Å². The normalized spacial score (nSPS) is 18.2. The number of nitrogens with zero attached hydrogens (tertiary/aromatic N) is 2. The van der Waals surface area contributed by atoms with Crippen LogP contribution in [-0.2, 0) is 0 Å². The van der Waals surface area contributed by atoms with E-state index in [9.17, 15) is 0 Å². The molecular formula is C39H41N5. The van der Waals surface area contributed by atoms with Gasteiger partial charge in [0, 0.05) is 34.6 Å². The van der Waals surface area contributed by atoms with Crippen molar-refractivity contribution < 1.29 is 0 Å². The third-order valence-corrected chi connectivity index (χ3v) is 8.45. The Balaban J connectivity index is 0.00000168. The lowest BCUT2D eigenvalue weighted by Gasteiger charge is -2.42. The van der Waals surface area contributed by atoms with Gasteiger partial charge in [-0.2, -0.15) is 0 Å². The highest BCUT2D eigenvalue weighted by Gasteiger charge is 2.40. The summed E-state index contributed by atoms with van der Waals surface area (Å²) < 4.78 is 2.36. The molecule has 222 valence electrons. The van der Waals surface area contributed by atoms with E-state index in [1.165, 1.54) is 39.0 Å². The molecule has 0 aliphatic carbocycles. The Bertz CT molecular complexity index is 1850. The molecule has 2 unspecified atom stereocenters. The number of allylic oxidation sites excluding steroid dienone is 5. The van der Waals surface area contributed by atoms with E-state index in [0.717, 1.165) is 34.9 Å². The Morgan fingerprint density at radius 2 is 1.70 bits per heavy atom. The molecule has 5 heteroatoms. The van der Waals surface area contributed by atoms with E-state index in [1.54, 1.807) is 0 Å². The van der Waals surface area contributed by atoms with Gasteiger partial charge in [-0.05, 0) is 67.0 Å². The summed E-state index contributed by atoms with van der Waals surface area (Å²) in [6.07, 6.45) is 16.6. The van der Waals surface area contributed by atoms with E-state index in [0.29, 0.717) is 0 Å². The summed E-state index contributed by atoms with van der Waals surface area (Å²) in [6.45, 7) is 17.0. The number of anilines is 2. The van der Waals surface area contributed by atoms with Crippen molar-refractivity contribution in [3.05, 3.63) is 144 Å². The van der Waals surface area contributed by atoms with Crippen molar-refractivity contribution in [2.75, 3.05) is 17.2 Å². The van der Waals surface area contributed by atoms with Gasteiger partial charge >= 0.3 is 0 Å². The van der Waals surface area contributed by atoms with Crippen LogP contribution in [0.5, 0.6) is 0 Å². The minimum atomic E-state index is -0.0401. The van der Waals surface area contributed by atoms with Gasteiger partial charge in [-0.1, -0.05) is 99.9 Å². The van der Waals surface area contributed by atoms with Crippen LogP contribution in [0.3, 0.4) is 0 Å². The van der Waals surface area contributed by atoms with Crippen molar-refractivity contribution in [3.63, 3.8) is 0 Å². The first-order chi connectivity index (χ1) is 21.6. The number of hydrogen-bond donors (Lipinski definition) is 3. The maximum atomic E-state index is 4.07. The minimum absolute atomic E-state index is 0.0401. The van der Waals surface area contributed by atoms with Crippen molar-refractivity contribution in [1.82, 2.24) is 14.8 Å². The van der Waals surface area contributed by atoms with E-state index in [1.807, 2.05) is 32.1 Å². The van der Waals surface area contributed by atoms with E-state index in [-0.39, 0.29) is 12.3 Å². The highest BCUT2D eigenvalue weighted by molar-refractivity contribution is 6.06. The molecule has 7 rings (SSSR count). The lowest BCUT2D eigenvalue weighted by Crippen LogP contribution is -2.40. The summed E-state index contributed by atoms with van der Waals surface area (Å²) >= 11 is 0. The van der Waals surface area contributed by atoms with Crippen LogP contribution in [0.1, 0.15) is 68.0 Å². The standard InChI is InChI=1S/C37H35N5.C2H6/c1-5-8-15-31-24(4)39-37-29-13-9-10-14-30(29)40-36(42(31)37)26-17-20-27(21-18-26)41-32-22-19-25(7-3)28(12-6-2)34(32)35-33(41)16-11-23-38-35;1-2/h5-22,36-40H,1,3,23H2,2,4H3;1-2H3/b12-6-,15-8-;. The first-order valence-corrected chi connectivity index (χ1v) is 15.5. The quantitative estimate of drug-likeness (QED) is 0.199. The Kier molecular flexibility index (Phi) is 8.03. The fourth-order valence-corrected chi connectivity index (χ4v) is 6.61. The number of rotatable bonds is 6. The van der Waals surface area contributed by atoms with Crippen molar-refractivity contribution in [2.45, 2.75) is 40.0 Å². The van der Waals surface area contributed by atoms with Gasteiger partial charge in [0.05, 0.1) is 22.6 Å². The Morgan fingerprint density at radius 1 is 0.909 bits per heavy atom. The van der Waals surface area contributed by atoms with E-state index in [4.69, 9.17) is 0 Å². The Morgan fingerprint density at radius 3 is 2.45 bits per heavy atom. The van der Waals surface area contributed by atoms with E-state index < -0.39 is 0 Å². The highest BCUT2D eigenvalue weighted by atomic mass is 15.4. The summed E-state index contributed by atoms with van der Waals surface area (Å²) in [5.74, 6) is 0. The van der Waals surface area contributed by atoms with Crippen molar-refractivity contribution in [2.24, 2.45) is 0 Å². The summed E-state index contributed by atoms with van der Waals surface area (Å²) in [5.41, 5.74) is 12.9. The average Bonchev–Trinajstić information content (AvgIpc) is 3.59. The molecule has 0 spiro atoms. The molecule has 0 saturated carbocycles. The second-order valence-corrected chi connectivity index (χ2v) is 10.8. The largest absolute Gasteiger partial charge is 0.379 e. The lowest BCUT2D eigenvalue weighted by atomic mass is 10.0. The summed E-state index contributed by atoms with van der Waals surface area (Å²) in [5, 5.41) is 12.4. The van der Waals surface area contributed by atoms with Gasteiger partial charge in [0.1, 0.15) is 12.3 Å². The van der Waals surface area contributed by atoms with Crippen LogP contribution in [0.15, 0.2) is 116 Å². The molecule has 4 aromatic rings. The Labute approximate surface area is 261 Å². The van der Waals surface area contributed by atoms with Crippen LogP contribution in [-0.4, -0.2) is 16.0 Å². The molecular weight excluding hydrogens is 538 g/mol. The maximum absolute atomic E-state index is 4.07. The number of benzene rings is 3. The topological polar surface area (TPSA) is 44.3 Å². The number of nitrogens with one attached hydrogen (secondary N) is 3. The predicted molar refractivity (Wildman–Crippen MR) is 190 cm³/mol. The SMILES string of the molecule is C=C/C=C\C1=C(C)NC2c3ccccc3NC(c3ccc(-n4c5c(c6c(/C=C\C)c(C=C)ccc64)NCC=C5)cc3)N12.CC. The second kappa shape index (κ2) is 12.2. The fourth-order valence-electron chi connectivity index (χ4n) is 6.61. The number of aromatic nitrogens is 1. The number of hydrogen-bond acceptors (Lipinski definition) is 4. The molecule has 3 N–H and O–H groups in total. The van der Waals surface area contributed by atoms with Crippen LogP contribution in [0.2, 0.25) is 0 Å². The number of fused-ring (bicyclic) bond motifs is 6. The average molecular weight is 580 g/mol. The van der Waals surface area contributed by atoms with Crippen LogP contribution < -0.4 is 16.0 Å². The molecule has 0 bridgehead atoms. The first-order valence-electron chi connectivity index (χ1n) is 15.5. The summed E-state index contributed by atoms with van der Waals surface area (Å²) in [6, 6.07) is 21.9. The molecule has 0 amide bonds. The van der Waals surface area contributed by atoms with Crippen molar-refractivity contribution in [3.8, 4) is 5.69 Å². The van der Waals surface area contributed by atoms with Gasteiger partial charge in [-0.3, -0.25) is 0 Å². The molecule has 1 aromatic heterocycles. The van der Waals surface area contributed by atoms with E-state index in [2.05, 4.69) is 143 Å². The molecule has 5 nitrogen and oxygen atoms in total. The lowest BCUT2D eigenvalue weighted by molar-refractivity contribution is 0.204. The molecule has 0 saturated heterocycles. The minimum Gasteiger partial charge on any atom is -0.379 e. The van der Waals surface area contributed by atoms with Crippen molar-refractivity contribution in [1.29, 1.82) is 0 Å².